The van der Waals surface area contributed by atoms with Crippen LogP contribution in [0.2, 0.25) is 0 Å². The van der Waals surface area contributed by atoms with E-state index in [9.17, 15) is 123 Å². The van der Waals surface area contributed by atoms with Gasteiger partial charge in [0.15, 0.2) is 115 Å². The number of rotatable bonds is 49. The maximum atomic E-state index is 12.9. The molecule has 0 aromatic rings. The summed E-state index contributed by atoms with van der Waals surface area (Å²) >= 11 is 0. The first-order valence-corrected chi connectivity index (χ1v) is 47.7. The van der Waals surface area contributed by atoms with Gasteiger partial charge in [-0.1, -0.05) is 233 Å². The Balaban J connectivity index is 0.000000800. The molecule has 728 valence electrons. The van der Waals surface area contributed by atoms with Crippen molar-refractivity contribution in [1.29, 1.82) is 0 Å². The van der Waals surface area contributed by atoms with Crippen molar-refractivity contribution in [2.75, 3.05) is 0 Å². The van der Waals surface area contributed by atoms with Crippen LogP contribution in [0.1, 0.15) is 361 Å². The van der Waals surface area contributed by atoms with Crippen molar-refractivity contribution < 1.29 is 123 Å². The molecule has 0 saturated heterocycles. The summed E-state index contributed by atoms with van der Waals surface area (Å²) in [7, 11) is 0. The van der Waals surface area contributed by atoms with Crippen LogP contribution in [0.25, 0.3) is 0 Å². The molecule has 25 nitrogen and oxygen atoms in total. The summed E-state index contributed by atoms with van der Waals surface area (Å²) in [5.74, 6) is -15.4. The molecule has 0 amide bonds. The maximum absolute atomic E-state index is 12.9. The molecular weight excluding hydrogens is 1640 g/mol. The minimum Gasteiger partial charge on any atom is -0.508 e. The zero-order valence-corrected chi connectivity index (χ0v) is 83.2. The van der Waals surface area contributed by atoms with Crippen LogP contribution in [0.4, 0.5) is 0 Å². The molecular formula is C103H166O25. The van der Waals surface area contributed by atoms with E-state index in [0.29, 0.717) is 77.0 Å². The third-order valence-corrected chi connectivity index (χ3v) is 25.1. The van der Waals surface area contributed by atoms with E-state index in [-0.39, 0.29) is 182 Å². The van der Waals surface area contributed by atoms with Crippen LogP contribution in [0.5, 0.6) is 0 Å². The number of carbonyl (C=O) groups is 15. The Kier molecular flexibility index (Phi) is 48.3. The van der Waals surface area contributed by atoms with Gasteiger partial charge in [-0.25, -0.2) is 0 Å². The molecule has 0 aromatic heterocycles. The van der Waals surface area contributed by atoms with E-state index in [2.05, 4.69) is 0 Å². The highest BCUT2D eigenvalue weighted by atomic mass is 16.4. The minimum absolute atomic E-state index is 0.00931. The summed E-state index contributed by atoms with van der Waals surface area (Å²) in [4.78, 5) is 190. The van der Waals surface area contributed by atoms with Crippen molar-refractivity contribution in [3.8, 4) is 0 Å². The van der Waals surface area contributed by atoms with Gasteiger partial charge in [0, 0.05) is 63.2 Å². The van der Waals surface area contributed by atoms with Gasteiger partial charge in [0.25, 0.3) is 0 Å². The summed E-state index contributed by atoms with van der Waals surface area (Å²) in [6.07, 6.45) is 8.86. The van der Waals surface area contributed by atoms with Crippen LogP contribution in [-0.2, 0) is 71.9 Å². The summed E-state index contributed by atoms with van der Waals surface area (Å²) in [6.45, 7) is 55.3. The molecule has 128 heavy (non-hydrogen) atoms. The predicted molar refractivity (Wildman–Crippen MR) is 494 cm³/mol. The smallest absolute Gasteiger partial charge is 0.190 e. The summed E-state index contributed by atoms with van der Waals surface area (Å²) in [6, 6.07) is 0. The van der Waals surface area contributed by atoms with Crippen molar-refractivity contribution >= 4 is 86.7 Å². The molecule has 11 atom stereocenters. The number of ketones is 15. The van der Waals surface area contributed by atoms with Gasteiger partial charge in [-0.2, -0.15) is 0 Å². The number of aliphatic hydroxyl groups is 10. The number of hydrogen-bond acceptors (Lipinski definition) is 25. The zero-order chi connectivity index (χ0) is 99.6. The van der Waals surface area contributed by atoms with Gasteiger partial charge < -0.3 is 51.1 Å². The second kappa shape index (κ2) is 52.1. The molecule has 5 rings (SSSR count). The zero-order valence-electron chi connectivity index (χ0n) is 83.2. The van der Waals surface area contributed by atoms with E-state index in [1.807, 2.05) is 173 Å². The Morgan fingerprint density at radius 2 is 0.438 bits per heavy atom. The number of aliphatic hydroxyl groups excluding tert-OH is 5. The molecule has 0 saturated carbocycles. The third kappa shape index (κ3) is 30.0. The SMILES string of the molecule is CC(C)CCC(=O)C1(O)C(O)=C(C(=O)C(C)C)C(=O)[C@H]1CCC(C)C.CC(C)CCC(=O)C1(O)C(O)=C(C(=O)CC(C)C)C(=O)[C@H]1CCC(C)C.CC(C)CCC(=O)C1=C(O)C(O)(C(=O)CCC(C)C)[C@H](CCC(C)C)C1=O.CCC(=O)C1=C(O)C(O)(C(=O)CCC(C)C)[C@H](CCC(C)C)C1=O.CCC(C)C(=O)C1=C(O)C(O)(C(=O)CCC(C)C)[C@H](CCC(C)C)C1=O. The molecule has 5 aliphatic rings. The molecule has 0 heterocycles. The van der Waals surface area contributed by atoms with Crippen molar-refractivity contribution in [3.63, 3.8) is 0 Å². The molecule has 0 spiro atoms. The van der Waals surface area contributed by atoms with Crippen LogP contribution in [0.3, 0.4) is 0 Å². The van der Waals surface area contributed by atoms with Crippen LogP contribution >= 0.6 is 0 Å². The Hall–Kier alpha value is -7.45. The fraction of sp³-hybridized carbons (Fsp3) is 0.757. The van der Waals surface area contributed by atoms with E-state index in [4.69, 9.17) is 0 Å². The Morgan fingerprint density at radius 3 is 0.633 bits per heavy atom. The topological polar surface area (TPSA) is 458 Å². The molecule has 25 heteroatoms. The molecule has 0 bridgehead atoms. The van der Waals surface area contributed by atoms with Crippen LogP contribution in [0, 0.1) is 112 Å². The fourth-order valence-corrected chi connectivity index (χ4v) is 16.3. The maximum Gasteiger partial charge on any atom is 0.190 e. The number of carbonyl (C=O) groups excluding carboxylic acids is 15. The highest BCUT2D eigenvalue weighted by Crippen LogP contribution is 2.49. The standard InChI is InChI=1S/C22H36O5.2C21H34O5.C20H32O5.C19H30O5/c1-13(2)7-10-16-20(25)19(17(23)11-8-14(3)4)21(26)22(16,27)18(24)12-9-15(5)6;1-12(2)7-9-15-19(24)18(16(22)11-14(5)6)20(25)21(15,26)17(23)10-8-13(3)4;1-7-14(6)18(23)17-19(24)15(10-8-12(2)3)21(26,20(17)25)16(22)11-9-13(4)5;1-11(2)7-9-14-18(23)16(17(22)13(5)6)19(24)20(14,25)15(21)10-8-12(3)4;1-6-14(20)16-17(22)13(9-7-11(2)3)19(24,18(16)23)15(21)10-8-12(4)5/h13-16,26-27H,7-12H2,1-6H3;2*12-15,25-26H,7-11H2,1-6H3;11-14,24-25H,7-10H2,1-6H3;11-13,23-24H,6-10H2,1-5H3/t16-,22?;15-,21?;14?,15-,21?;14-,20?;13-,19?/m11111/s1. The van der Waals surface area contributed by atoms with Gasteiger partial charge in [-0.15, -0.1) is 0 Å². The Labute approximate surface area is 764 Å². The third-order valence-electron chi connectivity index (χ3n) is 25.1. The number of hydrogen-bond donors (Lipinski definition) is 10. The Morgan fingerprint density at radius 1 is 0.250 bits per heavy atom. The number of allylic oxidation sites excluding steroid dienone is 5. The monoisotopic (exact) mass is 1800 g/mol. The highest BCUT2D eigenvalue weighted by Gasteiger charge is 2.64. The molecule has 0 fully saturated rings. The molecule has 6 unspecified atom stereocenters. The minimum atomic E-state index is -2.26. The van der Waals surface area contributed by atoms with Crippen LogP contribution in [0.15, 0.2) is 56.7 Å². The predicted octanol–water partition coefficient (Wildman–Crippen LogP) is 18.3. The average Bonchev–Trinajstić information content (AvgIpc) is 1.60. The number of Topliss-reactive ketones (excluding diaryl/α,β-unsaturated/α-hetero) is 15. The van der Waals surface area contributed by atoms with E-state index in [1.165, 1.54) is 0 Å². The summed E-state index contributed by atoms with van der Waals surface area (Å²) in [5, 5.41) is 108. The van der Waals surface area contributed by atoms with Gasteiger partial charge in [-0.3, -0.25) is 71.9 Å². The fourth-order valence-electron chi connectivity index (χ4n) is 16.3. The quantitative estimate of drug-likeness (QED) is 0.0253. The van der Waals surface area contributed by atoms with Gasteiger partial charge >= 0.3 is 0 Å². The van der Waals surface area contributed by atoms with E-state index >= 15 is 0 Å². The molecule has 0 aliphatic heterocycles. The largest absolute Gasteiger partial charge is 0.508 e. The summed E-state index contributed by atoms with van der Waals surface area (Å²) in [5.41, 5.74) is -13.2. The van der Waals surface area contributed by atoms with Crippen molar-refractivity contribution in [2.45, 2.75) is 389 Å². The molecule has 0 radical (unpaired) electrons. The normalized spacial score (nSPS) is 24.0. The lowest BCUT2D eigenvalue weighted by molar-refractivity contribution is -0.145. The lowest BCUT2D eigenvalue weighted by atomic mass is 9.79. The first-order valence-electron chi connectivity index (χ1n) is 47.7. The first-order chi connectivity index (χ1) is 58.8. The second-order valence-corrected chi connectivity index (χ2v) is 42.0. The van der Waals surface area contributed by atoms with Crippen molar-refractivity contribution in [2.24, 2.45) is 112 Å². The average molecular weight is 1800 g/mol. The lowest BCUT2D eigenvalue weighted by Crippen LogP contribution is -2.47. The highest BCUT2D eigenvalue weighted by molar-refractivity contribution is 6.29. The van der Waals surface area contributed by atoms with Crippen molar-refractivity contribution in [3.05, 3.63) is 56.7 Å². The first kappa shape index (κ1) is 119. The van der Waals surface area contributed by atoms with Gasteiger partial charge in [0.2, 0.25) is 0 Å². The van der Waals surface area contributed by atoms with E-state index in [1.54, 1.807) is 27.7 Å². The molecule has 10 N–H and O–H groups in total. The summed E-state index contributed by atoms with van der Waals surface area (Å²) < 4.78 is 0. The van der Waals surface area contributed by atoms with Gasteiger partial charge in [-0.05, 0) is 148 Å². The van der Waals surface area contributed by atoms with Crippen molar-refractivity contribution in [1.82, 2.24) is 0 Å². The second-order valence-electron chi connectivity index (χ2n) is 42.0. The Bertz CT molecular complexity index is 4080. The van der Waals surface area contributed by atoms with Crippen LogP contribution < -0.4 is 0 Å². The van der Waals surface area contributed by atoms with Crippen LogP contribution in [-0.4, -0.2) is 166 Å². The van der Waals surface area contributed by atoms with Gasteiger partial charge in [0.05, 0.1) is 29.6 Å². The lowest BCUT2D eigenvalue weighted by Gasteiger charge is -2.28. The molecule has 0 aromatic carbocycles. The van der Waals surface area contributed by atoms with E-state index in [0.717, 1.165) is 0 Å². The van der Waals surface area contributed by atoms with Gasteiger partial charge in [0.1, 0.15) is 56.7 Å². The molecule has 5 aliphatic carbocycles. The van der Waals surface area contributed by atoms with E-state index < -0.39 is 185 Å².